The number of rotatable bonds is 4. The van der Waals surface area contributed by atoms with Crippen molar-refractivity contribution in [3.8, 4) is 0 Å². The van der Waals surface area contributed by atoms with E-state index in [0.29, 0.717) is 5.92 Å². The van der Waals surface area contributed by atoms with Crippen LogP contribution in [0.5, 0.6) is 0 Å². The summed E-state index contributed by atoms with van der Waals surface area (Å²) in [4.78, 5) is 0.225. The van der Waals surface area contributed by atoms with Crippen molar-refractivity contribution in [1.29, 1.82) is 0 Å². The molecule has 0 aliphatic carbocycles. The highest BCUT2D eigenvalue weighted by Gasteiger charge is 2.14. The Morgan fingerprint density at radius 3 is 2.20 bits per heavy atom. The van der Waals surface area contributed by atoms with Crippen molar-refractivity contribution in [1.82, 2.24) is 0 Å². The molecule has 2 heteroatoms. The fourth-order valence-corrected chi connectivity index (χ4v) is 3.73. The molecule has 0 aromatic heterocycles. The molecule has 2 aromatic carbocycles. The van der Waals surface area contributed by atoms with E-state index in [-0.39, 0.29) is 4.83 Å². The fourth-order valence-electron chi connectivity index (χ4n) is 2.27. The molecule has 2 atom stereocenters. The predicted octanol–water partition coefficient (Wildman–Crippen LogP) is 6.76. The Hall–Kier alpha value is -0.600. The number of benzene rings is 2. The number of hydrogen-bond acceptors (Lipinski definition) is 0. The zero-order valence-corrected chi connectivity index (χ0v) is 15.3. The summed E-state index contributed by atoms with van der Waals surface area (Å²) in [5.74, 6) is 0.628. The van der Waals surface area contributed by atoms with Gasteiger partial charge in [-0.2, -0.15) is 0 Å². The molecule has 0 aliphatic heterocycles. The van der Waals surface area contributed by atoms with Crippen LogP contribution in [0.3, 0.4) is 0 Å². The van der Waals surface area contributed by atoms with Gasteiger partial charge < -0.3 is 0 Å². The van der Waals surface area contributed by atoms with E-state index in [4.69, 9.17) is 0 Å². The molecule has 2 unspecified atom stereocenters. The summed E-state index contributed by atoms with van der Waals surface area (Å²) in [6.07, 6.45) is 1.18. The second kappa shape index (κ2) is 6.91. The van der Waals surface area contributed by atoms with Crippen LogP contribution in [0.25, 0.3) is 0 Å². The zero-order chi connectivity index (χ0) is 14.7. The third-order valence-corrected chi connectivity index (χ3v) is 5.58. The van der Waals surface area contributed by atoms with Crippen LogP contribution in [0.15, 0.2) is 46.9 Å². The number of halogens is 2. The van der Waals surface area contributed by atoms with Gasteiger partial charge >= 0.3 is 0 Å². The number of hydrogen-bond donors (Lipinski definition) is 0. The van der Waals surface area contributed by atoms with E-state index in [1.165, 1.54) is 28.7 Å². The molecule has 0 radical (unpaired) electrons. The van der Waals surface area contributed by atoms with Gasteiger partial charge in [-0.25, -0.2) is 0 Å². The van der Waals surface area contributed by atoms with Crippen LogP contribution in [0.1, 0.15) is 53.3 Å². The molecule has 2 aromatic rings. The molecule has 0 fully saturated rings. The maximum absolute atomic E-state index is 3.83. The molecule has 0 N–H and O–H groups in total. The van der Waals surface area contributed by atoms with Crippen molar-refractivity contribution in [2.75, 3.05) is 0 Å². The summed E-state index contributed by atoms with van der Waals surface area (Å²) in [6, 6.07) is 15.4. The predicted molar refractivity (Wildman–Crippen MR) is 94.8 cm³/mol. The third kappa shape index (κ3) is 3.53. The minimum atomic E-state index is 0.225. The summed E-state index contributed by atoms with van der Waals surface area (Å²) < 4.78 is 1.15. The summed E-state index contributed by atoms with van der Waals surface area (Å²) in [5, 5.41) is 0. The summed E-state index contributed by atoms with van der Waals surface area (Å²) >= 11 is 7.47. The van der Waals surface area contributed by atoms with Gasteiger partial charge in [-0.3, -0.25) is 0 Å². The lowest BCUT2D eigenvalue weighted by Crippen LogP contribution is -1.97. The number of alkyl halides is 1. The van der Waals surface area contributed by atoms with E-state index in [9.17, 15) is 0 Å². The van der Waals surface area contributed by atoms with Crippen molar-refractivity contribution < 1.29 is 0 Å². The molecule has 0 nitrogen and oxygen atoms in total. The topological polar surface area (TPSA) is 0 Å². The Labute approximate surface area is 138 Å². The van der Waals surface area contributed by atoms with Crippen molar-refractivity contribution >= 4 is 31.9 Å². The molecule has 0 saturated carbocycles. The van der Waals surface area contributed by atoms with E-state index in [1.54, 1.807) is 0 Å². The Morgan fingerprint density at radius 2 is 1.60 bits per heavy atom. The Bertz CT molecular complexity index is 572. The minimum Gasteiger partial charge on any atom is -0.0786 e. The van der Waals surface area contributed by atoms with Gasteiger partial charge in [0.05, 0.1) is 4.83 Å². The van der Waals surface area contributed by atoms with Crippen LogP contribution < -0.4 is 0 Å². The van der Waals surface area contributed by atoms with E-state index < -0.39 is 0 Å². The zero-order valence-electron chi connectivity index (χ0n) is 12.2. The van der Waals surface area contributed by atoms with Gasteiger partial charge in [-0.1, -0.05) is 87.7 Å². The average Bonchev–Trinajstić information content (AvgIpc) is 2.48. The van der Waals surface area contributed by atoms with Gasteiger partial charge in [-0.05, 0) is 42.0 Å². The van der Waals surface area contributed by atoms with E-state index in [0.717, 1.165) is 4.47 Å². The monoisotopic (exact) mass is 394 g/mol. The first-order valence-electron chi connectivity index (χ1n) is 7.03. The highest BCUT2D eigenvalue weighted by Crippen LogP contribution is 2.36. The van der Waals surface area contributed by atoms with Gasteiger partial charge in [0.25, 0.3) is 0 Å². The van der Waals surface area contributed by atoms with E-state index in [2.05, 4.69) is 95.1 Å². The SMILES string of the molecule is CCC(C)c1ccc(C(Br)c2cc(C)ccc2Br)cc1. The minimum absolute atomic E-state index is 0.225. The van der Waals surface area contributed by atoms with Crippen molar-refractivity contribution in [2.45, 2.75) is 37.9 Å². The lowest BCUT2D eigenvalue weighted by atomic mass is 9.96. The first-order valence-corrected chi connectivity index (χ1v) is 8.73. The standard InChI is InChI=1S/C18H20Br2/c1-4-13(3)14-6-8-15(9-7-14)18(20)16-11-12(2)5-10-17(16)19/h5-11,13,18H,4H2,1-3H3. The molecule has 0 saturated heterocycles. The summed E-state index contributed by atoms with van der Waals surface area (Å²) in [7, 11) is 0. The van der Waals surface area contributed by atoms with Crippen molar-refractivity contribution in [2.24, 2.45) is 0 Å². The Balaban J connectivity index is 2.29. The normalized spacial score (nSPS) is 14.1. The van der Waals surface area contributed by atoms with Crippen LogP contribution in [0.2, 0.25) is 0 Å². The molecule has 20 heavy (non-hydrogen) atoms. The highest BCUT2D eigenvalue weighted by atomic mass is 79.9. The van der Waals surface area contributed by atoms with Crippen LogP contribution in [0, 0.1) is 6.92 Å². The largest absolute Gasteiger partial charge is 0.0786 e. The molecule has 0 aliphatic rings. The van der Waals surface area contributed by atoms with Gasteiger partial charge in [-0.15, -0.1) is 0 Å². The molecule has 0 spiro atoms. The Kier molecular flexibility index (Phi) is 5.45. The molecular weight excluding hydrogens is 376 g/mol. The molecular formula is C18H20Br2. The highest BCUT2D eigenvalue weighted by molar-refractivity contribution is 9.11. The lowest BCUT2D eigenvalue weighted by molar-refractivity contribution is 0.733. The summed E-state index contributed by atoms with van der Waals surface area (Å²) in [6.45, 7) is 6.63. The Morgan fingerprint density at radius 1 is 1.00 bits per heavy atom. The maximum Gasteiger partial charge on any atom is 0.0655 e. The third-order valence-electron chi connectivity index (χ3n) is 3.84. The van der Waals surface area contributed by atoms with Gasteiger partial charge in [0, 0.05) is 4.47 Å². The van der Waals surface area contributed by atoms with E-state index >= 15 is 0 Å². The lowest BCUT2D eigenvalue weighted by Gasteiger charge is -2.15. The molecule has 2 rings (SSSR count). The van der Waals surface area contributed by atoms with Crippen LogP contribution in [-0.4, -0.2) is 0 Å². The smallest absolute Gasteiger partial charge is 0.0655 e. The molecule has 0 amide bonds. The quantitative estimate of drug-likeness (QED) is 0.502. The fraction of sp³-hybridized carbons (Fsp3) is 0.333. The van der Waals surface area contributed by atoms with Crippen molar-refractivity contribution in [3.05, 3.63) is 69.2 Å². The van der Waals surface area contributed by atoms with Gasteiger partial charge in [0.1, 0.15) is 0 Å². The van der Waals surface area contributed by atoms with Crippen molar-refractivity contribution in [3.63, 3.8) is 0 Å². The second-order valence-corrected chi connectivity index (χ2v) is 7.13. The number of aryl methyl sites for hydroxylation is 1. The van der Waals surface area contributed by atoms with Crippen LogP contribution in [0.4, 0.5) is 0 Å². The molecule has 0 bridgehead atoms. The van der Waals surface area contributed by atoms with Crippen LogP contribution >= 0.6 is 31.9 Å². The summed E-state index contributed by atoms with van der Waals surface area (Å²) in [5.41, 5.74) is 5.27. The maximum atomic E-state index is 3.83. The van der Waals surface area contributed by atoms with Gasteiger partial charge in [0.15, 0.2) is 0 Å². The first kappa shape index (κ1) is 15.8. The van der Waals surface area contributed by atoms with Gasteiger partial charge in [0.2, 0.25) is 0 Å². The van der Waals surface area contributed by atoms with Crippen LogP contribution in [-0.2, 0) is 0 Å². The molecule has 0 heterocycles. The average molecular weight is 396 g/mol. The second-order valence-electron chi connectivity index (χ2n) is 5.36. The first-order chi connectivity index (χ1) is 9.52. The molecule has 106 valence electrons. The van der Waals surface area contributed by atoms with E-state index in [1.807, 2.05) is 0 Å².